The van der Waals surface area contributed by atoms with Crippen molar-refractivity contribution in [3.8, 4) is 6.01 Å². The monoisotopic (exact) mass is 729 g/mol. The van der Waals surface area contributed by atoms with Crippen LogP contribution in [-0.2, 0) is 19.9 Å². The lowest BCUT2D eigenvalue weighted by molar-refractivity contribution is -0.154. The number of alkyl halides is 3. The number of nitrogens with zero attached hydrogens (tertiary/aromatic N) is 3. The minimum Gasteiger partial charge on any atom is -0.480 e. The normalized spacial score (nSPS) is 13.7. The van der Waals surface area contributed by atoms with E-state index in [1.165, 1.54) is 42.5 Å². The number of carbonyl (C=O) groups is 4. The summed E-state index contributed by atoms with van der Waals surface area (Å²) in [7, 11) is 0. The molecule has 3 aromatic carbocycles. The number of anilines is 4. The van der Waals surface area contributed by atoms with Crippen LogP contribution in [-0.4, -0.2) is 62.5 Å². The average molecular weight is 730 g/mol. The molecule has 1 aliphatic rings. The molecule has 13 nitrogen and oxygen atoms in total. The molecule has 18 heteroatoms. The van der Waals surface area contributed by atoms with Gasteiger partial charge in [0.2, 0.25) is 17.7 Å². The summed E-state index contributed by atoms with van der Waals surface area (Å²) in [6.07, 6.45) is -4.26. The van der Waals surface area contributed by atoms with Gasteiger partial charge in [-0.3, -0.25) is 14.4 Å². The van der Waals surface area contributed by atoms with E-state index in [-0.39, 0.29) is 23.1 Å². The van der Waals surface area contributed by atoms with Crippen LogP contribution in [0.5, 0.6) is 6.01 Å². The van der Waals surface area contributed by atoms with Gasteiger partial charge in [0.25, 0.3) is 11.8 Å². The molecular formula is C33H28ClF4N7O6. The largest absolute Gasteiger partial charge is 0.480 e. The van der Waals surface area contributed by atoms with E-state index in [1.807, 2.05) is 12.1 Å². The van der Waals surface area contributed by atoms with Crippen LogP contribution in [0.15, 0.2) is 72.8 Å². The Bertz CT molecular complexity index is 1930. The van der Waals surface area contributed by atoms with Crippen molar-refractivity contribution in [2.75, 3.05) is 22.6 Å². The Kier molecular flexibility index (Phi) is 11.0. The molecule has 1 fully saturated rings. The van der Waals surface area contributed by atoms with Crippen LogP contribution in [0.3, 0.4) is 0 Å². The summed E-state index contributed by atoms with van der Waals surface area (Å²) in [6.45, 7) is -1.64. The van der Waals surface area contributed by atoms with Crippen molar-refractivity contribution in [3.05, 3.63) is 94.8 Å². The van der Waals surface area contributed by atoms with E-state index in [4.69, 9.17) is 16.3 Å². The average Bonchev–Trinajstić information content (AvgIpc) is 3.86. The first-order chi connectivity index (χ1) is 24.2. The Morgan fingerprint density at radius 3 is 2.22 bits per heavy atom. The van der Waals surface area contributed by atoms with Crippen molar-refractivity contribution >= 4 is 58.4 Å². The van der Waals surface area contributed by atoms with E-state index in [9.17, 15) is 41.8 Å². The number of ketones is 1. The van der Waals surface area contributed by atoms with E-state index < -0.39 is 72.6 Å². The van der Waals surface area contributed by atoms with Gasteiger partial charge in [0, 0.05) is 22.7 Å². The fourth-order valence-corrected chi connectivity index (χ4v) is 4.88. The molecule has 4 aromatic rings. The highest BCUT2D eigenvalue weighted by Gasteiger charge is 2.45. The van der Waals surface area contributed by atoms with Crippen LogP contribution in [0.25, 0.3) is 0 Å². The number of amides is 2. The van der Waals surface area contributed by atoms with Crippen molar-refractivity contribution < 1.29 is 46.6 Å². The SMILES string of the molecule is O=C(CC[C@H](NC(=O)c1ccc(Nc2nc(NC3(c4ccc(Cl)cc4)CC3)nc(OCC(F)(F)F)n2)cc1)C(=O)O)C(=O)Nc1ccccc1F. The lowest BCUT2D eigenvalue weighted by Crippen LogP contribution is -2.41. The predicted octanol–water partition coefficient (Wildman–Crippen LogP) is 5.62. The lowest BCUT2D eigenvalue weighted by atomic mass is 10.1. The van der Waals surface area contributed by atoms with Gasteiger partial charge in [-0.2, -0.15) is 28.1 Å². The smallest absolute Gasteiger partial charge is 0.422 e. The predicted molar refractivity (Wildman–Crippen MR) is 175 cm³/mol. The summed E-state index contributed by atoms with van der Waals surface area (Å²) in [5.74, 6) is -5.44. The van der Waals surface area contributed by atoms with Gasteiger partial charge in [-0.05, 0) is 73.4 Å². The van der Waals surface area contributed by atoms with Gasteiger partial charge in [-0.15, -0.1) is 0 Å². The van der Waals surface area contributed by atoms with Gasteiger partial charge in [0.05, 0.1) is 11.2 Å². The van der Waals surface area contributed by atoms with E-state index in [0.29, 0.717) is 23.6 Å². The first-order valence-electron chi connectivity index (χ1n) is 15.2. The van der Waals surface area contributed by atoms with Gasteiger partial charge in [-0.25, -0.2) is 9.18 Å². The molecule has 1 aliphatic carbocycles. The minimum absolute atomic E-state index is 0.0151. The third kappa shape index (κ3) is 10.1. The van der Waals surface area contributed by atoms with Crippen molar-refractivity contribution in [1.29, 1.82) is 0 Å². The standard InChI is InChI=1S/C33H28ClF4N7O6/c34-20-9-7-19(8-10-20)32(15-16-32)45-30-42-29(43-31(44-30)51-17-33(36,37)38)39-21-11-5-18(6-12-21)26(47)41-24(28(49)50)13-14-25(46)27(48)40-23-4-2-1-3-22(23)35/h1-12,24H,13-17H2,(H,40,48)(H,41,47)(H,49,50)(H2,39,42,43,44,45)/t24-/m0/s1. The van der Waals surface area contributed by atoms with Crippen LogP contribution < -0.4 is 26.0 Å². The molecular weight excluding hydrogens is 702 g/mol. The molecule has 0 saturated heterocycles. The number of aromatic nitrogens is 3. The Morgan fingerprint density at radius 1 is 0.922 bits per heavy atom. The molecule has 266 valence electrons. The molecule has 1 aromatic heterocycles. The molecule has 0 spiro atoms. The molecule has 5 rings (SSSR count). The van der Waals surface area contributed by atoms with Gasteiger partial charge in [-0.1, -0.05) is 35.9 Å². The number of carboxylic acid groups (broad SMARTS) is 1. The maximum absolute atomic E-state index is 13.8. The summed E-state index contributed by atoms with van der Waals surface area (Å²) in [4.78, 5) is 61.3. The van der Waals surface area contributed by atoms with Crippen molar-refractivity contribution in [3.63, 3.8) is 0 Å². The summed E-state index contributed by atoms with van der Waals surface area (Å²) in [6, 6.07) is 15.5. The minimum atomic E-state index is -4.65. The number of halogens is 5. The number of hydrogen-bond acceptors (Lipinski definition) is 10. The van der Waals surface area contributed by atoms with Gasteiger partial charge >= 0.3 is 18.2 Å². The molecule has 5 N–H and O–H groups in total. The third-order valence-corrected chi connectivity index (χ3v) is 7.77. The van der Waals surface area contributed by atoms with E-state index in [2.05, 4.69) is 36.2 Å². The van der Waals surface area contributed by atoms with Crippen LogP contribution in [0, 0.1) is 5.82 Å². The fraction of sp³-hybridized carbons (Fsp3) is 0.242. The number of carboxylic acids is 1. The maximum atomic E-state index is 13.8. The van der Waals surface area contributed by atoms with Crippen molar-refractivity contribution in [1.82, 2.24) is 20.3 Å². The Balaban J connectivity index is 1.23. The van der Waals surface area contributed by atoms with Crippen LogP contribution >= 0.6 is 11.6 Å². The molecule has 1 atom stereocenters. The Morgan fingerprint density at radius 2 is 1.59 bits per heavy atom. The Labute approximate surface area is 291 Å². The maximum Gasteiger partial charge on any atom is 0.422 e. The second kappa shape index (κ2) is 15.4. The Hall–Kier alpha value is -5.84. The number of benzene rings is 3. The number of ether oxygens (including phenoxy) is 1. The molecule has 0 aliphatic heterocycles. The molecule has 0 bridgehead atoms. The molecule has 2 amide bonds. The summed E-state index contributed by atoms with van der Waals surface area (Å²) < 4.78 is 57.3. The van der Waals surface area contributed by atoms with Crippen molar-refractivity contribution in [2.45, 2.75) is 43.4 Å². The topological polar surface area (TPSA) is 185 Å². The number of hydrogen-bond donors (Lipinski definition) is 5. The van der Waals surface area contributed by atoms with Crippen LogP contribution in [0.1, 0.15) is 41.6 Å². The summed E-state index contributed by atoms with van der Waals surface area (Å²) in [5, 5.41) is 20.5. The van der Waals surface area contributed by atoms with E-state index >= 15 is 0 Å². The number of rotatable bonds is 15. The van der Waals surface area contributed by atoms with Crippen LogP contribution in [0.2, 0.25) is 5.02 Å². The van der Waals surface area contributed by atoms with Crippen LogP contribution in [0.4, 0.5) is 40.8 Å². The second-order valence-electron chi connectivity index (χ2n) is 11.3. The molecule has 0 radical (unpaired) electrons. The molecule has 1 heterocycles. The molecule has 0 unspecified atom stereocenters. The first-order valence-corrected chi connectivity index (χ1v) is 15.6. The van der Waals surface area contributed by atoms with Gasteiger partial charge in [0.1, 0.15) is 11.9 Å². The quantitative estimate of drug-likeness (QED) is 0.0756. The number of aliphatic carboxylic acids is 1. The lowest BCUT2D eigenvalue weighted by Gasteiger charge is -2.19. The summed E-state index contributed by atoms with van der Waals surface area (Å²) in [5.41, 5.74) is 0.386. The third-order valence-electron chi connectivity index (χ3n) is 7.52. The zero-order valence-electron chi connectivity index (χ0n) is 26.3. The van der Waals surface area contributed by atoms with Gasteiger partial charge in [0.15, 0.2) is 6.61 Å². The highest BCUT2D eigenvalue weighted by atomic mass is 35.5. The number of Topliss-reactive ketones (excluding diaryl/α,β-unsaturated/α-hetero) is 1. The highest BCUT2D eigenvalue weighted by Crippen LogP contribution is 2.48. The number of carbonyl (C=O) groups excluding carboxylic acids is 3. The summed E-state index contributed by atoms with van der Waals surface area (Å²) >= 11 is 6.00. The second-order valence-corrected chi connectivity index (χ2v) is 11.8. The zero-order chi connectivity index (χ0) is 36.8. The number of nitrogens with one attached hydrogen (secondary N) is 4. The van der Waals surface area contributed by atoms with Gasteiger partial charge < -0.3 is 31.1 Å². The van der Waals surface area contributed by atoms with Crippen molar-refractivity contribution in [2.24, 2.45) is 0 Å². The first kappa shape index (κ1) is 36.4. The number of para-hydroxylation sites is 1. The zero-order valence-corrected chi connectivity index (χ0v) is 27.0. The fourth-order valence-electron chi connectivity index (χ4n) is 4.75. The molecule has 1 saturated carbocycles. The highest BCUT2D eigenvalue weighted by molar-refractivity contribution is 6.40. The molecule has 51 heavy (non-hydrogen) atoms. The van der Waals surface area contributed by atoms with E-state index in [1.54, 1.807) is 12.1 Å². The van der Waals surface area contributed by atoms with E-state index in [0.717, 1.165) is 11.6 Å².